The average Bonchev–Trinajstić information content (AvgIpc) is 3.11. The van der Waals surface area contributed by atoms with Crippen molar-refractivity contribution in [2.75, 3.05) is 0 Å². The number of esters is 1. The lowest BCUT2D eigenvalue weighted by atomic mass is 9.44. The third kappa shape index (κ3) is 4.72. The van der Waals surface area contributed by atoms with Crippen LogP contribution >= 0.6 is 15.9 Å². The second kappa shape index (κ2) is 10.1. The molecular weight excluding hydrogens is 472 g/mol. The van der Waals surface area contributed by atoms with Crippen LogP contribution in [0.2, 0.25) is 0 Å². The Kier molecular flexibility index (Phi) is 7.99. The van der Waals surface area contributed by atoms with Crippen LogP contribution in [-0.2, 0) is 9.53 Å². The molecule has 10 atom stereocenters. The van der Waals surface area contributed by atoms with E-state index in [-0.39, 0.29) is 22.3 Å². The van der Waals surface area contributed by atoms with Crippen LogP contribution in [0.15, 0.2) is 0 Å². The summed E-state index contributed by atoms with van der Waals surface area (Å²) in [5, 5.41) is 0. The molecule has 0 aromatic rings. The molecule has 0 bridgehead atoms. The highest BCUT2D eigenvalue weighted by atomic mass is 79.9. The van der Waals surface area contributed by atoms with Crippen LogP contribution in [0.3, 0.4) is 0 Å². The normalized spacial score (nSPS) is 44.5. The quantitative estimate of drug-likeness (QED) is 0.246. The first kappa shape index (κ1) is 26.0. The molecule has 0 radical (unpaired) electrons. The Morgan fingerprint density at radius 3 is 2.39 bits per heavy atom. The third-order valence-corrected chi connectivity index (χ3v) is 11.8. The van der Waals surface area contributed by atoms with E-state index in [0.29, 0.717) is 5.41 Å². The number of halogens is 1. The smallest absolute Gasteiger partial charge is 0.319 e. The molecule has 33 heavy (non-hydrogen) atoms. The van der Waals surface area contributed by atoms with Gasteiger partial charge in [-0.2, -0.15) is 0 Å². The number of carbonyl (C=O) groups excluding carboxylic acids is 1. The highest BCUT2D eigenvalue weighted by Gasteiger charge is 2.62. The van der Waals surface area contributed by atoms with Gasteiger partial charge in [-0.15, -0.1) is 0 Å². The first-order valence-electron chi connectivity index (χ1n) is 14.4. The van der Waals surface area contributed by atoms with Gasteiger partial charge in [-0.25, -0.2) is 0 Å². The largest absolute Gasteiger partial charge is 0.461 e. The van der Waals surface area contributed by atoms with E-state index in [9.17, 15) is 4.79 Å². The summed E-state index contributed by atoms with van der Waals surface area (Å²) in [6, 6.07) is 0. The van der Waals surface area contributed by atoms with Gasteiger partial charge in [-0.3, -0.25) is 4.79 Å². The molecular formula is C30H51BrO2. The Balaban J connectivity index is 1.51. The Morgan fingerprint density at radius 1 is 0.939 bits per heavy atom. The van der Waals surface area contributed by atoms with Crippen molar-refractivity contribution >= 4 is 21.9 Å². The molecule has 4 saturated carbocycles. The van der Waals surface area contributed by atoms with Crippen LogP contribution in [0.4, 0.5) is 0 Å². The zero-order valence-corrected chi connectivity index (χ0v) is 24.0. The van der Waals surface area contributed by atoms with Crippen LogP contribution < -0.4 is 0 Å². The number of fused-ring (bicyclic) bond motifs is 5. The summed E-state index contributed by atoms with van der Waals surface area (Å²) in [6.45, 7) is 14.4. The lowest BCUT2D eigenvalue weighted by Crippen LogP contribution is -2.58. The zero-order valence-electron chi connectivity index (χ0n) is 22.4. The Morgan fingerprint density at radius 2 is 1.70 bits per heavy atom. The highest BCUT2D eigenvalue weighted by Crippen LogP contribution is 2.68. The highest BCUT2D eigenvalue weighted by molar-refractivity contribution is 9.10. The summed E-state index contributed by atoms with van der Waals surface area (Å²) in [5.74, 6) is 5.78. The molecule has 0 saturated heterocycles. The van der Waals surface area contributed by atoms with E-state index in [1.54, 1.807) is 0 Å². The Bertz CT molecular complexity index is 689. The fourth-order valence-electron chi connectivity index (χ4n) is 9.73. The van der Waals surface area contributed by atoms with Crippen molar-refractivity contribution in [1.82, 2.24) is 0 Å². The fourth-order valence-corrected chi connectivity index (χ4v) is 9.84. The predicted octanol–water partition coefficient (Wildman–Crippen LogP) is 8.80. The molecule has 0 heterocycles. The van der Waals surface area contributed by atoms with Crippen LogP contribution in [0.1, 0.15) is 119 Å². The van der Waals surface area contributed by atoms with E-state index >= 15 is 0 Å². The maximum Gasteiger partial charge on any atom is 0.319 e. The van der Waals surface area contributed by atoms with Crippen molar-refractivity contribution in [2.24, 2.45) is 52.3 Å². The lowest BCUT2D eigenvalue weighted by molar-refractivity contribution is -0.191. The first-order chi connectivity index (χ1) is 15.6. The van der Waals surface area contributed by atoms with Gasteiger partial charge in [-0.1, -0.05) is 69.8 Å². The molecule has 0 N–H and O–H groups in total. The molecule has 4 rings (SSSR count). The third-order valence-electron chi connectivity index (χ3n) is 11.5. The molecule has 0 amide bonds. The molecule has 3 heteroatoms. The van der Waals surface area contributed by atoms with E-state index in [1.165, 1.54) is 70.6 Å². The number of carbonyl (C=O) groups is 1. The molecule has 0 aromatic heterocycles. The molecule has 2 unspecified atom stereocenters. The fraction of sp³-hybridized carbons (Fsp3) is 0.967. The maximum atomic E-state index is 12.6. The molecule has 4 fully saturated rings. The van der Waals surface area contributed by atoms with Gasteiger partial charge in [0.2, 0.25) is 0 Å². The van der Waals surface area contributed by atoms with Crippen LogP contribution in [0, 0.1) is 52.3 Å². The number of rotatable bonds is 7. The van der Waals surface area contributed by atoms with Gasteiger partial charge in [0.05, 0.1) is 0 Å². The van der Waals surface area contributed by atoms with Gasteiger partial charge in [0.15, 0.2) is 0 Å². The number of alkyl halides is 1. The Labute approximate surface area is 212 Å². The molecule has 190 valence electrons. The molecule has 2 nitrogen and oxygen atoms in total. The molecule has 0 aliphatic heterocycles. The van der Waals surface area contributed by atoms with Crippen LogP contribution in [0.5, 0.6) is 0 Å². The summed E-state index contributed by atoms with van der Waals surface area (Å²) >= 11 is 3.46. The van der Waals surface area contributed by atoms with Gasteiger partial charge in [0.25, 0.3) is 0 Å². The van der Waals surface area contributed by atoms with E-state index in [2.05, 4.69) is 50.5 Å². The second-order valence-corrected chi connectivity index (χ2v) is 14.9. The van der Waals surface area contributed by atoms with E-state index in [1.807, 2.05) is 6.92 Å². The molecule has 0 aromatic carbocycles. The van der Waals surface area contributed by atoms with Crippen LogP contribution in [0.25, 0.3) is 0 Å². The maximum absolute atomic E-state index is 12.6. The topological polar surface area (TPSA) is 26.3 Å². The van der Waals surface area contributed by atoms with Gasteiger partial charge >= 0.3 is 5.97 Å². The summed E-state index contributed by atoms with van der Waals surface area (Å²) < 4.78 is 6.25. The van der Waals surface area contributed by atoms with E-state index in [4.69, 9.17) is 4.74 Å². The summed E-state index contributed by atoms with van der Waals surface area (Å²) in [4.78, 5) is 12.4. The van der Waals surface area contributed by atoms with Gasteiger partial charge in [0, 0.05) is 5.41 Å². The summed E-state index contributed by atoms with van der Waals surface area (Å²) in [5.41, 5.74) is 0.716. The summed E-state index contributed by atoms with van der Waals surface area (Å²) in [7, 11) is 0. The van der Waals surface area contributed by atoms with Crippen molar-refractivity contribution in [1.29, 1.82) is 0 Å². The van der Waals surface area contributed by atoms with E-state index in [0.717, 1.165) is 47.8 Å². The molecule has 4 aliphatic rings. The number of ether oxygens (including phenoxy) is 1. The van der Waals surface area contributed by atoms with Gasteiger partial charge in [0.1, 0.15) is 10.9 Å². The monoisotopic (exact) mass is 522 g/mol. The van der Waals surface area contributed by atoms with Crippen molar-refractivity contribution < 1.29 is 9.53 Å². The summed E-state index contributed by atoms with van der Waals surface area (Å²) in [6.07, 6.45) is 16.4. The second-order valence-electron chi connectivity index (χ2n) is 13.5. The standard InChI is InChI=1S/C30H51BrO2/c1-19(2)9-7-10-20(3)24-15-16-25-23-14-13-22-11-8-12-27(33-28(32)21(4)31)30(22,6)26(23)17-18-29(24,25)5/h19-27H,7-18H2,1-6H3/t20-,21?,22+,23+,24-,25-,26-,27?,29+,30-/m0/s1. The minimum atomic E-state index is -0.205. The van der Waals surface area contributed by atoms with E-state index < -0.39 is 0 Å². The predicted molar refractivity (Wildman–Crippen MR) is 141 cm³/mol. The minimum Gasteiger partial charge on any atom is -0.461 e. The number of hydrogen-bond acceptors (Lipinski definition) is 2. The van der Waals surface area contributed by atoms with Crippen molar-refractivity contribution in [3.05, 3.63) is 0 Å². The Hall–Kier alpha value is -0.0500. The minimum absolute atomic E-state index is 0.0548. The van der Waals surface area contributed by atoms with Crippen LogP contribution in [-0.4, -0.2) is 16.9 Å². The average molecular weight is 524 g/mol. The zero-order chi connectivity index (χ0) is 24.0. The molecule has 0 spiro atoms. The van der Waals surface area contributed by atoms with Crippen molar-refractivity contribution in [3.8, 4) is 0 Å². The van der Waals surface area contributed by atoms with Crippen molar-refractivity contribution in [2.45, 2.75) is 130 Å². The van der Waals surface area contributed by atoms with Gasteiger partial charge < -0.3 is 4.74 Å². The SMILES string of the molecule is CC(C)CCC[C@H](C)[C@@H]1CC[C@H]2[C@H]3CC[C@H]4CCCC(OC(=O)C(C)Br)[C@]4(C)[C@H]3CC[C@@]21C. The lowest BCUT2D eigenvalue weighted by Gasteiger charge is -2.62. The first-order valence-corrected chi connectivity index (χ1v) is 15.3. The van der Waals surface area contributed by atoms with Crippen molar-refractivity contribution in [3.63, 3.8) is 0 Å². The van der Waals surface area contributed by atoms with Gasteiger partial charge in [-0.05, 0) is 112 Å². The number of hydrogen-bond donors (Lipinski definition) is 0. The molecule has 4 aliphatic carbocycles.